The Bertz CT molecular complexity index is 2690. The van der Waals surface area contributed by atoms with E-state index in [1.54, 1.807) is 34.4 Å². The molecule has 0 spiro atoms. The third-order valence-electron chi connectivity index (χ3n) is 15.6. The molecule has 70 heavy (non-hydrogen) atoms. The average Bonchev–Trinajstić information content (AvgIpc) is 3.94. The van der Waals surface area contributed by atoms with Crippen LogP contribution >= 0.6 is 46.2 Å². The van der Waals surface area contributed by atoms with Gasteiger partial charge in [0, 0.05) is 23.5 Å². The topological polar surface area (TPSA) is 102 Å². The molecule has 6 aromatic rings. The first-order valence-electron chi connectivity index (χ1n) is 26.0. The number of carbonyl (C=O) groups excluding carboxylic acids is 2. The van der Waals surface area contributed by atoms with E-state index in [-0.39, 0.29) is 22.6 Å². The zero-order valence-corrected chi connectivity index (χ0v) is 45.3. The second-order valence-electron chi connectivity index (χ2n) is 21.4. The summed E-state index contributed by atoms with van der Waals surface area (Å²) in [7, 11) is 0. The number of aromatic nitrogens is 2. The van der Waals surface area contributed by atoms with Crippen molar-refractivity contribution in [1.29, 1.82) is 0 Å². The first-order chi connectivity index (χ1) is 33.8. The summed E-state index contributed by atoms with van der Waals surface area (Å²) in [6.45, 7) is 15.0. The van der Waals surface area contributed by atoms with Crippen molar-refractivity contribution in [1.82, 2.24) is 9.97 Å². The Morgan fingerprint density at radius 1 is 0.614 bits per heavy atom. The molecule has 2 aromatic heterocycles. The molecule has 12 heteroatoms. The summed E-state index contributed by atoms with van der Waals surface area (Å²) in [5.41, 5.74) is 7.08. The fraction of sp³-hybridized carbons (Fsp3) is 0.517. The Morgan fingerprint density at radius 2 is 1.07 bits per heavy atom. The van der Waals surface area contributed by atoms with E-state index in [1.165, 1.54) is 93.5 Å². The van der Waals surface area contributed by atoms with Crippen LogP contribution in [0.2, 0.25) is 0 Å². The van der Waals surface area contributed by atoms with Crippen LogP contribution < -0.4 is 20.1 Å². The highest BCUT2D eigenvalue weighted by Gasteiger charge is 2.43. The third-order valence-corrected chi connectivity index (χ3v) is 19.9. The van der Waals surface area contributed by atoms with E-state index in [4.69, 9.17) is 9.47 Å². The summed E-state index contributed by atoms with van der Waals surface area (Å²) in [4.78, 5) is 34.5. The molecule has 10 rings (SSSR count). The van der Waals surface area contributed by atoms with Crippen LogP contribution in [0.4, 0.5) is 11.4 Å². The van der Waals surface area contributed by atoms with Gasteiger partial charge >= 0.3 is 0 Å². The second kappa shape index (κ2) is 22.8. The lowest BCUT2D eigenvalue weighted by molar-refractivity contribution is -0.116. The highest BCUT2D eigenvalue weighted by atomic mass is 32.2. The van der Waals surface area contributed by atoms with Crippen LogP contribution in [0, 0.1) is 35.5 Å². The van der Waals surface area contributed by atoms with Gasteiger partial charge in [-0.2, -0.15) is 0 Å². The quantitative estimate of drug-likeness (QED) is 0.0925. The molecule has 2 N–H and O–H groups in total. The van der Waals surface area contributed by atoms with Crippen molar-refractivity contribution in [2.45, 2.75) is 138 Å². The number of hydrogen-bond acceptors (Lipinski definition) is 10. The molecule has 4 aliphatic rings. The van der Waals surface area contributed by atoms with Gasteiger partial charge in [-0.25, -0.2) is 9.97 Å². The maximum absolute atomic E-state index is 12.6. The zero-order chi connectivity index (χ0) is 48.8. The molecule has 0 saturated heterocycles. The average molecular weight is 1020 g/mol. The van der Waals surface area contributed by atoms with Crippen LogP contribution in [0.3, 0.4) is 0 Å². The summed E-state index contributed by atoms with van der Waals surface area (Å²) in [5.74, 6) is 8.18. The summed E-state index contributed by atoms with van der Waals surface area (Å²) >= 11 is 6.38. The molecule has 4 unspecified atom stereocenters. The minimum absolute atomic E-state index is 0.000547. The van der Waals surface area contributed by atoms with E-state index in [9.17, 15) is 9.59 Å². The van der Waals surface area contributed by atoms with Gasteiger partial charge in [-0.3, -0.25) is 9.59 Å². The molecule has 4 saturated carbocycles. The van der Waals surface area contributed by atoms with Gasteiger partial charge in [0.15, 0.2) is 8.68 Å². The van der Waals surface area contributed by atoms with Gasteiger partial charge in [0.25, 0.3) is 0 Å². The molecule has 0 aliphatic heterocycles. The smallest absolute Gasteiger partial charge is 0.234 e. The van der Waals surface area contributed by atoms with E-state index in [2.05, 4.69) is 96.8 Å². The molecule has 4 aromatic carbocycles. The van der Waals surface area contributed by atoms with Crippen LogP contribution in [0.15, 0.2) is 93.6 Å². The lowest BCUT2D eigenvalue weighted by atomic mass is 9.57. The number of fused-ring (bicyclic) bond motifs is 6. The van der Waals surface area contributed by atoms with Crippen LogP contribution in [0.5, 0.6) is 11.5 Å². The van der Waals surface area contributed by atoms with Crippen LogP contribution in [0.25, 0.3) is 20.4 Å². The minimum Gasteiger partial charge on any atom is -0.494 e. The Kier molecular flexibility index (Phi) is 16.5. The van der Waals surface area contributed by atoms with E-state index >= 15 is 0 Å². The molecule has 4 fully saturated rings. The second-order valence-corrected chi connectivity index (χ2v) is 26.0. The van der Waals surface area contributed by atoms with Crippen molar-refractivity contribution >= 4 is 89.8 Å². The number of benzene rings is 4. The molecule has 4 aliphatic carbocycles. The van der Waals surface area contributed by atoms with Crippen molar-refractivity contribution in [2.75, 3.05) is 35.4 Å². The normalized spacial score (nSPS) is 26.0. The summed E-state index contributed by atoms with van der Waals surface area (Å²) < 4.78 is 15.3. The molecule has 4 atom stereocenters. The van der Waals surface area contributed by atoms with Crippen molar-refractivity contribution in [3.8, 4) is 11.5 Å². The van der Waals surface area contributed by atoms with Gasteiger partial charge in [0.2, 0.25) is 11.8 Å². The molecule has 4 bridgehead atoms. The molecule has 8 nitrogen and oxygen atoms in total. The Labute approximate surface area is 432 Å². The molecule has 0 radical (unpaired) electrons. The molecular weight excluding hydrogens is 945 g/mol. The van der Waals surface area contributed by atoms with Crippen molar-refractivity contribution in [3.05, 3.63) is 96.1 Å². The van der Waals surface area contributed by atoms with Gasteiger partial charge in [-0.1, -0.05) is 81.9 Å². The van der Waals surface area contributed by atoms with Gasteiger partial charge in [-0.05, 0) is 196 Å². The number of hydrogen-bond donors (Lipinski definition) is 2. The van der Waals surface area contributed by atoms with E-state index in [1.807, 2.05) is 50.2 Å². The standard InChI is InChI=1S/C30H38N2O2S2.C28H34N2O2S2/c1-4-20-14-21-16-22(15-20)19-30(3,18-21)23-6-8-24(9-7-23)31-28(33)12-13-35-29-32-26-11-10-25(34-5-2)17-27(26)36-29;1-4-32-23-9-10-24-25(14-23)34-27(30-24)33-17-26(31)29-22-7-5-21(6-8-22)28(3)15-19-11-18(2)12-20(13-19)16-28/h6-11,17,20-22H,4-5,12-16,18-19H2,1-3H3,(H,31,33);5-10,14,18-20H,4,11-13,15-17H2,1-3H3,(H,29,31). The number of carbonyl (C=O) groups is 2. The number of anilines is 2. The minimum atomic E-state index is -0.000547. The molecule has 372 valence electrons. The predicted octanol–water partition coefficient (Wildman–Crippen LogP) is 15.8. The van der Waals surface area contributed by atoms with Crippen LogP contribution in [-0.4, -0.2) is 46.5 Å². The van der Waals surface area contributed by atoms with Crippen molar-refractivity contribution < 1.29 is 19.1 Å². The summed E-state index contributed by atoms with van der Waals surface area (Å²) in [6.07, 6.45) is 15.5. The number of rotatable bonds is 16. The summed E-state index contributed by atoms with van der Waals surface area (Å²) in [6, 6.07) is 29.2. The number of nitrogens with zero attached hydrogens (tertiary/aromatic N) is 2. The number of thiazole rings is 2. The van der Waals surface area contributed by atoms with Crippen LogP contribution in [0.1, 0.15) is 130 Å². The first kappa shape index (κ1) is 50.8. The van der Waals surface area contributed by atoms with Gasteiger partial charge in [-0.15, -0.1) is 22.7 Å². The maximum Gasteiger partial charge on any atom is 0.234 e. The van der Waals surface area contributed by atoms with E-state index in [0.717, 1.165) is 87.5 Å². The predicted molar refractivity (Wildman–Crippen MR) is 296 cm³/mol. The fourth-order valence-electron chi connectivity index (χ4n) is 12.9. The Balaban J connectivity index is 0.000000174. The van der Waals surface area contributed by atoms with E-state index in [0.29, 0.717) is 31.1 Å². The van der Waals surface area contributed by atoms with Crippen molar-refractivity contribution in [3.63, 3.8) is 0 Å². The third kappa shape index (κ3) is 12.7. The molecule has 2 heterocycles. The van der Waals surface area contributed by atoms with Gasteiger partial charge in [0.05, 0.1) is 39.4 Å². The Hall–Kier alpha value is -4.10. The number of nitrogens with one attached hydrogen (secondary N) is 2. The number of thioether (sulfide) groups is 2. The lowest BCUT2D eigenvalue weighted by Gasteiger charge is -2.48. The maximum atomic E-state index is 12.6. The summed E-state index contributed by atoms with van der Waals surface area (Å²) in [5, 5.41) is 6.14. The van der Waals surface area contributed by atoms with Gasteiger partial charge < -0.3 is 20.1 Å². The van der Waals surface area contributed by atoms with Crippen LogP contribution in [-0.2, 0) is 20.4 Å². The first-order valence-corrected chi connectivity index (χ1v) is 29.6. The lowest BCUT2D eigenvalue weighted by Crippen LogP contribution is -2.39. The number of amides is 2. The molecule has 2 amide bonds. The fourth-order valence-corrected chi connectivity index (χ4v) is 16.9. The monoisotopic (exact) mass is 1020 g/mol. The molecular formula is C58H72N4O4S4. The highest BCUT2D eigenvalue weighted by Crippen LogP contribution is 2.53. The Morgan fingerprint density at radius 3 is 1.54 bits per heavy atom. The largest absolute Gasteiger partial charge is 0.494 e. The van der Waals surface area contributed by atoms with Gasteiger partial charge in [0.1, 0.15) is 11.5 Å². The SMILES string of the molecule is CCOc1ccc2nc(SCC(=O)Nc3ccc(C4(C)CC5CC(C)CC(C5)C4)cc3)sc2c1.CCOc1ccc2nc(SCCC(=O)Nc3ccc(C4(C)CC5CC(CC)CC(C5)C4)cc3)sc2c1. The highest BCUT2D eigenvalue weighted by molar-refractivity contribution is 8.01. The number of ether oxygens (including phenoxy) is 2. The van der Waals surface area contributed by atoms with E-state index < -0.39 is 0 Å². The zero-order valence-electron chi connectivity index (χ0n) is 42.0. The van der Waals surface area contributed by atoms with Crippen molar-refractivity contribution in [2.24, 2.45) is 35.5 Å².